The number of benzene rings is 1. The molecule has 0 radical (unpaired) electrons. The monoisotopic (exact) mass is 318 g/mol. The molecule has 0 saturated carbocycles. The number of carbonyl (C=O) groups excluding carboxylic acids is 1. The maximum atomic E-state index is 11.8. The van der Waals surface area contributed by atoms with Gasteiger partial charge in [0.2, 0.25) is 6.29 Å². The van der Waals surface area contributed by atoms with Crippen molar-refractivity contribution in [3.63, 3.8) is 0 Å². The van der Waals surface area contributed by atoms with Crippen molar-refractivity contribution in [2.75, 3.05) is 0 Å². The fourth-order valence-corrected chi connectivity index (χ4v) is 1.82. The smallest absolute Gasteiger partial charge is 0.340 e. The molecule has 1 saturated heterocycles. The van der Waals surface area contributed by atoms with Crippen molar-refractivity contribution < 1.29 is 50.0 Å². The third-order valence-corrected chi connectivity index (χ3v) is 3.07. The van der Waals surface area contributed by atoms with Crippen molar-refractivity contribution in [3.05, 3.63) is 17.7 Å². The van der Waals surface area contributed by atoms with E-state index >= 15 is 0 Å². The second-order valence-corrected chi connectivity index (χ2v) is 4.64. The third kappa shape index (κ3) is 2.91. The van der Waals surface area contributed by atoms with Crippen molar-refractivity contribution in [2.45, 2.75) is 30.9 Å². The molecule has 5 atom stereocenters. The Hall–Kier alpha value is -2.11. The number of aliphatic hydroxyl groups excluding tert-OH is 4. The molecule has 10 heteroatoms. The summed E-state index contributed by atoms with van der Waals surface area (Å²) in [6, 6.07) is 1.57. The number of phenols is 3. The van der Waals surface area contributed by atoms with Crippen LogP contribution in [0, 0.1) is 0 Å². The highest BCUT2D eigenvalue weighted by Crippen LogP contribution is 2.35. The van der Waals surface area contributed by atoms with Gasteiger partial charge in [-0.25, -0.2) is 4.79 Å². The quantitative estimate of drug-likeness (QED) is 0.232. The minimum atomic E-state index is -1.89. The van der Waals surface area contributed by atoms with Gasteiger partial charge in [0, 0.05) is 0 Å². The third-order valence-electron chi connectivity index (χ3n) is 3.07. The predicted octanol–water partition coefficient (Wildman–Crippen LogP) is -2.28. The zero-order valence-corrected chi connectivity index (χ0v) is 10.9. The molecule has 1 fully saturated rings. The van der Waals surface area contributed by atoms with Crippen LogP contribution in [0.15, 0.2) is 12.1 Å². The number of aromatic hydroxyl groups is 3. The van der Waals surface area contributed by atoms with Gasteiger partial charge in [-0.1, -0.05) is 0 Å². The van der Waals surface area contributed by atoms with E-state index < -0.39 is 59.7 Å². The second-order valence-electron chi connectivity index (χ2n) is 4.64. The number of rotatable bonds is 2. The standard InChI is InChI=1S/C12H14O10/c13-4-1-3(2-5(14)6(4)15)10(19)21-12-9(18)7(16)8(17)11(20)22-12/h1-2,7-9,11-18,20H/t7-,8-,9+,11-,12+/m1/s1. The van der Waals surface area contributed by atoms with Crippen LogP contribution in [-0.4, -0.2) is 72.6 Å². The Bertz CT molecular complexity index is 550. The predicted molar refractivity (Wildman–Crippen MR) is 65.8 cm³/mol. The minimum Gasteiger partial charge on any atom is -0.504 e. The van der Waals surface area contributed by atoms with Crippen LogP contribution in [0.4, 0.5) is 0 Å². The summed E-state index contributed by atoms with van der Waals surface area (Å²) in [7, 11) is 0. The molecule has 1 aromatic rings. The summed E-state index contributed by atoms with van der Waals surface area (Å²) in [6.07, 6.45) is -9.12. The summed E-state index contributed by atoms with van der Waals surface area (Å²) < 4.78 is 9.32. The van der Waals surface area contributed by atoms with Gasteiger partial charge in [-0.2, -0.15) is 0 Å². The van der Waals surface area contributed by atoms with E-state index in [9.17, 15) is 35.4 Å². The Labute approximate surface area is 123 Å². The van der Waals surface area contributed by atoms with E-state index in [0.29, 0.717) is 0 Å². The molecule has 1 aliphatic rings. The Morgan fingerprint density at radius 1 is 0.955 bits per heavy atom. The number of esters is 1. The molecule has 1 aromatic carbocycles. The topological polar surface area (TPSA) is 177 Å². The molecule has 0 spiro atoms. The van der Waals surface area contributed by atoms with Gasteiger partial charge in [0.25, 0.3) is 0 Å². The van der Waals surface area contributed by atoms with E-state index in [0.717, 1.165) is 12.1 Å². The number of hydrogen-bond acceptors (Lipinski definition) is 10. The van der Waals surface area contributed by atoms with Crippen molar-refractivity contribution in [2.24, 2.45) is 0 Å². The van der Waals surface area contributed by atoms with Gasteiger partial charge < -0.3 is 45.2 Å². The zero-order valence-electron chi connectivity index (χ0n) is 10.9. The summed E-state index contributed by atoms with van der Waals surface area (Å²) >= 11 is 0. The van der Waals surface area contributed by atoms with Crippen molar-refractivity contribution in [3.8, 4) is 17.2 Å². The molecule has 122 valence electrons. The number of ether oxygens (including phenoxy) is 2. The van der Waals surface area contributed by atoms with E-state index in [1.807, 2.05) is 0 Å². The Morgan fingerprint density at radius 2 is 1.50 bits per heavy atom. The van der Waals surface area contributed by atoms with Crippen LogP contribution in [-0.2, 0) is 9.47 Å². The number of phenolic OH excluding ortho intramolecular Hbond substituents is 3. The fraction of sp³-hybridized carbons (Fsp3) is 0.417. The molecule has 10 nitrogen and oxygen atoms in total. The van der Waals surface area contributed by atoms with Crippen molar-refractivity contribution in [1.29, 1.82) is 0 Å². The lowest BCUT2D eigenvalue weighted by atomic mass is 10.0. The Morgan fingerprint density at radius 3 is 2.05 bits per heavy atom. The van der Waals surface area contributed by atoms with Gasteiger partial charge in [0.05, 0.1) is 5.56 Å². The first-order chi connectivity index (χ1) is 10.2. The largest absolute Gasteiger partial charge is 0.504 e. The lowest BCUT2D eigenvalue weighted by molar-refractivity contribution is -0.327. The molecule has 0 amide bonds. The summed E-state index contributed by atoms with van der Waals surface area (Å²) in [5, 5.41) is 65.4. The van der Waals surface area contributed by atoms with Crippen molar-refractivity contribution in [1.82, 2.24) is 0 Å². The van der Waals surface area contributed by atoms with Crippen LogP contribution in [0.3, 0.4) is 0 Å². The van der Waals surface area contributed by atoms with E-state index in [2.05, 4.69) is 9.47 Å². The van der Waals surface area contributed by atoms with Gasteiger partial charge >= 0.3 is 5.97 Å². The van der Waals surface area contributed by atoms with E-state index in [4.69, 9.17) is 5.11 Å². The summed E-state index contributed by atoms with van der Waals surface area (Å²) in [5.74, 6) is -3.59. The van der Waals surface area contributed by atoms with E-state index in [1.165, 1.54) is 0 Å². The number of aliphatic hydroxyl groups is 4. The molecule has 0 bridgehead atoms. The highest BCUT2D eigenvalue weighted by Gasteiger charge is 2.45. The second kappa shape index (κ2) is 5.94. The van der Waals surface area contributed by atoms with Crippen LogP contribution in [0.25, 0.3) is 0 Å². The maximum Gasteiger partial charge on any atom is 0.340 e. The van der Waals surface area contributed by atoms with Crippen LogP contribution in [0.5, 0.6) is 17.2 Å². The molecule has 1 aliphatic heterocycles. The average Bonchev–Trinajstić information content (AvgIpc) is 2.47. The SMILES string of the molecule is O=C(O[C@H]1O[C@@H](O)[C@H](O)[C@@H](O)[C@@H]1O)c1cc(O)c(O)c(O)c1. The Kier molecular flexibility index (Phi) is 4.39. The summed E-state index contributed by atoms with van der Waals surface area (Å²) in [6.45, 7) is 0. The summed E-state index contributed by atoms with van der Waals surface area (Å²) in [4.78, 5) is 11.8. The minimum absolute atomic E-state index is 0.390. The van der Waals surface area contributed by atoms with Crippen LogP contribution < -0.4 is 0 Å². The first kappa shape index (κ1) is 16.3. The van der Waals surface area contributed by atoms with E-state index in [-0.39, 0.29) is 0 Å². The van der Waals surface area contributed by atoms with Gasteiger partial charge in [0.15, 0.2) is 23.5 Å². The van der Waals surface area contributed by atoms with Gasteiger partial charge in [-0.05, 0) is 12.1 Å². The molecule has 0 aromatic heterocycles. The van der Waals surface area contributed by atoms with Crippen molar-refractivity contribution >= 4 is 5.97 Å². The van der Waals surface area contributed by atoms with Gasteiger partial charge in [-0.3, -0.25) is 0 Å². The van der Waals surface area contributed by atoms with Gasteiger partial charge in [0.1, 0.15) is 18.3 Å². The average molecular weight is 318 g/mol. The fourth-order valence-electron chi connectivity index (χ4n) is 1.82. The number of hydrogen-bond donors (Lipinski definition) is 7. The molecule has 0 aliphatic carbocycles. The normalized spacial score (nSPS) is 31.7. The molecule has 7 N–H and O–H groups in total. The highest BCUT2D eigenvalue weighted by atomic mass is 16.8. The van der Waals surface area contributed by atoms with Gasteiger partial charge in [-0.15, -0.1) is 0 Å². The molecule has 0 unspecified atom stereocenters. The van der Waals surface area contributed by atoms with Crippen LogP contribution in [0.2, 0.25) is 0 Å². The zero-order chi connectivity index (χ0) is 16.6. The molecular formula is C12H14O10. The summed E-state index contributed by atoms with van der Waals surface area (Å²) in [5.41, 5.74) is -0.390. The molecule has 22 heavy (non-hydrogen) atoms. The number of carbonyl (C=O) groups is 1. The van der Waals surface area contributed by atoms with Crippen LogP contribution >= 0.6 is 0 Å². The lowest BCUT2D eigenvalue weighted by Gasteiger charge is -2.37. The maximum absolute atomic E-state index is 11.8. The van der Waals surface area contributed by atoms with E-state index in [1.54, 1.807) is 0 Å². The molecular weight excluding hydrogens is 304 g/mol. The first-order valence-corrected chi connectivity index (χ1v) is 6.06. The van der Waals surface area contributed by atoms with Crippen LogP contribution in [0.1, 0.15) is 10.4 Å². The Balaban J connectivity index is 2.15. The molecule has 2 rings (SSSR count). The highest BCUT2D eigenvalue weighted by molar-refractivity contribution is 5.91. The first-order valence-electron chi connectivity index (χ1n) is 6.06. The lowest BCUT2D eigenvalue weighted by Crippen LogP contribution is -2.58. The molecule has 1 heterocycles.